The van der Waals surface area contributed by atoms with Gasteiger partial charge in [-0.2, -0.15) is 5.10 Å². The second kappa shape index (κ2) is 5.89. The summed E-state index contributed by atoms with van der Waals surface area (Å²) in [5.74, 6) is 0.211. The van der Waals surface area contributed by atoms with Gasteiger partial charge in [0.25, 0.3) is 0 Å². The van der Waals surface area contributed by atoms with Crippen molar-refractivity contribution in [1.29, 1.82) is 0 Å². The molecule has 0 saturated carbocycles. The minimum atomic E-state index is -0.472. The molecule has 1 heterocycles. The van der Waals surface area contributed by atoms with Crippen LogP contribution in [0.15, 0.2) is 0 Å². The van der Waals surface area contributed by atoms with E-state index in [1.54, 1.807) is 14.0 Å². The molecule has 1 aromatic heterocycles. The highest BCUT2D eigenvalue weighted by Crippen LogP contribution is 2.26. The second-order valence-corrected chi connectivity index (χ2v) is 5.64. The summed E-state index contributed by atoms with van der Waals surface area (Å²) in [5.41, 5.74) is 0.00881. The SMILES string of the molecule is Cc1nn(C)c(NCCC(=O)NC(C)(C)C)c1[N+](=O)[O-]. The molecular weight excluding hydrogens is 262 g/mol. The molecule has 1 amide bonds. The number of amides is 1. The van der Waals surface area contributed by atoms with Gasteiger partial charge in [0.1, 0.15) is 5.69 Å². The van der Waals surface area contributed by atoms with Crippen molar-refractivity contribution in [2.75, 3.05) is 11.9 Å². The molecule has 0 aliphatic rings. The Morgan fingerprint density at radius 2 is 2.05 bits per heavy atom. The quantitative estimate of drug-likeness (QED) is 0.627. The molecule has 0 radical (unpaired) electrons. The molecule has 2 N–H and O–H groups in total. The molecule has 20 heavy (non-hydrogen) atoms. The van der Waals surface area contributed by atoms with Crippen LogP contribution in [0.5, 0.6) is 0 Å². The third kappa shape index (κ3) is 4.22. The molecule has 0 unspecified atom stereocenters. The number of nitro groups is 1. The van der Waals surface area contributed by atoms with Gasteiger partial charge in [-0.15, -0.1) is 0 Å². The van der Waals surface area contributed by atoms with Crippen LogP contribution in [0.4, 0.5) is 11.5 Å². The first-order valence-electron chi connectivity index (χ1n) is 6.34. The molecule has 112 valence electrons. The monoisotopic (exact) mass is 283 g/mol. The molecular formula is C12H21N5O3. The summed E-state index contributed by atoms with van der Waals surface area (Å²) in [4.78, 5) is 22.2. The zero-order chi connectivity index (χ0) is 15.5. The minimum Gasteiger partial charge on any atom is -0.364 e. The van der Waals surface area contributed by atoms with Crippen molar-refractivity contribution in [3.8, 4) is 0 Å². The van der Waals surface area contributed by atoms with Gasteiger partial charge in [-0.05, 0) is 27.7 Å². The Kier molecular flexibility index (Phi) is 4.69. The Morgan fingerprint density at radius 3 is 2.55 bits per heavy atom. The van der Waals surface area contributed by atoms with Crippen LogP contribution in [0.3, 0.4) is 0 Å². The van der Waals surface area contributed by atoms with E-state index < -0.39 is 4.92 Å². The van der Waals surface area contributed by atoms with E-state index in [1.807, 2.05) is 20.8 Å². The molecule has 1 rings (SSSR count). The molecule has 0 spiro atoms. The highest BCUT2D eigenvalue weighted by Gasteiger charge is 2.23. The molecule has 0 bridgehead atoms. The Hall–Kier alpha value is -2.12. The van der Waals surface area contributed by atoms with Crippen molar-refractivity contribution in [2.24, 2.45) is 7.05 Å². The van der Waals surface area contributed by atoms with Crippen LogP contribution in [-0.4, -0.2) is 32.7 Å². The number of carbonyl (C=O) groups is 1. The van der Waals surface area contributed by atoms with Gasteiger partial charge in [-0.25, -0.2) is 4.68 Å². The van der Waals surface area contributed by atoms with Gasteiger partial charge in [0.05, 0.1) is 4.92 Å². The summed E-state index contributed by atoms with van der Waals surface area (Å²) in [5, 5.41) is 20.7. The van der Waals surface area contributed by atoms with Gasteiger partial charge in [-0.1, -0.05) is 0 Å². The fourth-order valence-corrected chi connectivity index (χ4v) is 1.84. The Balaban J connectivity index is 2.63. The van der Waals surface area contributed by atoms with Crippen molar-refractivity contribution >= 4 is 17.4 Å². The van der Waals surface area contributed by atoms with E-state index in [2.05, 4.69) is 15.7 Å². The van der Waals surface area contributed by atoms with Crippen LogP contribution in [0.2, 0.25) is 0 Å². The number of nitrogens with one attached hydrogen (secondary N) is 2. The van der Waals surface area contributed by atoms with E-state index in [9.17, 15) is 14.9 Å². The van der Waals surface area contributed by atoms with Gasteiger partial charge >= 0.3 is 5.69 Å². The van der Waals surface area contributed by atoms with Crippen molar-refractivity contribution in [2.45, 2.75) is 39.7 Å². The molecule has 0 aliphatic carbocycles. The predicted octanol–water partition coefficient (Wildman–Crippen LogP) is 1.35. The molecule has 8 nitrogen and oxygen atoms in total. The first-order valence-corrected chi connectivity index (χ1v) is 6.34. The highest BCUT2D eigenvalue weighted by molar-refractivity contribution is 5.77. The maximum atomic E-state index is 11.7. The van der Waals surface area contributed by atoms with E-state index in [0.29, 0.717) is 18.1 Å². The Morgan fingerprint density at radius 1 is 1.45 bits per heavy atom. The molecule has 8 heteroatoms. The number of hydrogen-bond donors (Lipinski definition) is 2. The zero-order valence-electron chi connectivity index (χ0n) is 12.5. The predicted molar refractivity (Wildman–Crippen MR) is 75.6 cm³/mol. The average molecular weight is 283 g/mol. The summed E-state index contributed by atoms with van der Waals surface area (Å²) in [6.07, 6.45) is 0.235. The largest absolute Gasteiger partial charge is 0.364 e. The van der Waals surface area contributed by atoms with E-state index in [0.717, 1.165) is 0 Å². The van der Waals surface area contributed by atoms with Crippen molar-refractivity contribution in [3.63, 3.8) is 0 Å². The summed E-state index contributed by atoms with van der Waals surface area (Å²) in [6.45, 7) is 7.58. The van der Waals surface area contributed by atoms with Gasteiger partial charge in [0.15, 0.2) is 0 Å². The zero-order valence-corrected chi connectivity index (χ0v) is 12.5. The average Bonchev–Trinajstić information content (AvgIpc) is 2.51. The van der Waals surface area contributed by atoms with Crippen LogP contribution in [0.25, 0.3) is 0 Å². The third-order valence-corrected chi connectivity index (χ3v) is 2.53. The van der Waals surface area contributed by atoms with E-state index in [1.165, 1.54) is 4.68 Å². The van der Waals surface area contributed by atoms with Crippen LogP contribution >= 0.6 is 0 Å². The Labute approximate surface area is 117 Å². The van der Waals surface area contributed by atoms with Crippen molar-refractivity contribution in [1.82, 2.24) is 15.1 Å². The smallest absolute Gasteiger partial charge is 0.333 e. The van der Waals surface area contributed by atoms with Crippen LogP contribution < -0.4 is 10.6 Å². The van der Waals surface area contributed by atoms with Gasteiger partial charge in [0, 0.05) is 25.6 Å². The van der Waals surface area contributed by atoms with E-state index in [4.69, 9.17) is 0 Å². The maximum absolute atomic E-state index is 11.7. The molecule has 1 aromatic rings. The van der Waals surface area contributed by atoms with Crippen molar-refractivity contribution < 1.29 is 9.72 Å². The fourth-order valence-electron chi connectivity index (χ4n) is 1.84. The number of nitrogens with zero attached hydrogens (tertiary/aromatic N) is 3. The first kappa shape index (κ1) is 15.9. The van der Waals surface area contributed by atoms with Crippen LogP contribution in [0, 0.1) is 17.0 Å². The standard InChI is InChI=1S/C12H21N5O3/c1-8-10(17(19)20)11(16(5)15-8)13-7-6-9(18)14-12(2,3)4/h13H,6-7H2,1-5H3,(H,14,18). The lowest BCUT2D eigenvalue weighted by Crippen LogP contribution is -2.41. The third-order valence-electron chi connectivity index (χ3n) is 2.53. The van der Waals surface area contributed by atoms with E-state index in [-0.39, 0.29) is 23.6 Å². The molecule has 0 saturated heterocycles. The highest BCUT2D eigenvalue weighted by atomic mass is 16.6. The minimum absolute atomic E-state index is 0.0521. The van der Waals surface area contributed by atoms with Crippen LogP contribution in [0.1, 0.15) is 32.9 Å². The normalized spacial score (nSPS) is 11.2. The second-order valence-electron chi connectivity index (χ2n) is 5.64. The number of rotatable bonds is 5. The van der Waals surface area contributed by atoms with Crippen LogP contribution in [-0.2, 0) is 11.8 Å². The summed E-state index contributed by atoms with van der Waals surface area (Å²) in [6, 6.07) is 0. The Bertz CT molecular complexity index is 516. The molecule has 0 aromatic carbocycles. The summed E-state index contributed by atoms with van der Waals surface area (Å²) < 4.78 is 1.41. The lowest BCUT2D eigenvalue weighted by molar-refractivity contribution is -0.384. The number of hydrogen-bond acceptors (Lipinski definition) is 5. The molecule has 0 fully saturated rings. The molecule has 0 atom stereocenters. The van der Waals surface area contributed by atoms with Gasteiger partial charge < -0.3 is 10.6 Å². The maximum Gasteiger partial charge on any atom is 0.333 e. The number of aromatic nitrogens is 2. The summed E-state index contributed by atoms with van der Waals surface area (Å²) in [7, 11) is 1.62. The van der Waals surface area contributed by atoms with Crippen molar-refractivity contribution in [3.05, 3.63) is 15.8 Å². The lowest BCUT2D eigenvalue weighted by atomic mass is 10.1. The number of aryl methyl sites for hydroxylation is 2. The fraction of sp³-hybridized carbons (Fsp3) is 0.667. The topological polar surface area (TPSA) is 102 Å². The summed E-state index contributed by atoms with van der Waals surface area (Å²) >= 11 is 0. The van der Waals surface area contributed by atoms with E-state index >= 15 is 0 Å². The number of carbonyl (C=O) groups excluding carboxylic acids is 1. The lowest BCUT2D eigenvalue weighted by Gasteiger charge is -2.20. The first-order chi connectivity index (χ1) is 9.11. The molecule has 0 aliphatic heterocycles. The number of anilines is 1. The van der Waals surface area contributed by atoms with Gasteiger partial charge in [-0.3, -0.25) is 14.9 Å². The van der Waals surface area contributed by atoms with Gasteiger partial charge in [0.2, 0.25) is 11.7 Å².